The topological polar surface area (TPSA) is 77.8 Å². The van der Waals surface area contributed by atoms with E-state index in [9.17, 15) is 14.7 Å². The number of hydrogen-bond acceptors (Lipinski definition) is 4. The van der Waals surface area contributed by atoms with Crippen LogP contribution in [0.15, 0.2) is 0 Å². The molecule has 0 aromatic rings. The van der Waals surface area contributed by atoms with E-state index < -0.39 is 6.04 Å². The van der Waals surface area contributed by atoms with E-state index in [0.717, 1.165) is 0 Å². The van der Waals surface area contributed by atoms with Crippen LogP contribution in [0.1, 0.15) is 32.6 Å². The molecule has 1 unspecified atom stereocenters. The van der Waals surface area contributed by atoms with Gasteiger partial charge in [0.25, 0.3) is 0 Å². The van der Waals surface area contributed by atoms with E-state index >= 15 is 0 Å². The van der Waals surface area contributed by atoms with Crippen LogP contribution in [0.2, 0.25) is 0 Å². The molecule has 1 atom stereocenters. The van der Waals surface area contributed by atoms with Gasteiger partial charge in [0.2, 0.25) is 5.91 Å². The van der Waals surface area contributed by atoms with E-state index in [-0.39, 0.29) is 29.8 Å². The van der Waals surface area contributed by atoms with Crippen molar-refractivity contribution in [3.63, 3.8) is 0 Å². The molecule has 1 spiro atoms. The normalized spacial score (nSPS) is 34.6. The number of rotatable bonds is 3. The third-order valence-electron chi connectivity index (χ3n) is 4.12. The van der Waals surface area contributed by atoms with Crippen LogP contribution < -0.4 is 0 Å². The van der Waals surface area contributed by atoms with Gasteiger partial charge < -0.3 is 15.1 Å². The molecular formula is C12H19NO4. The Morgan fingerprint density at radius 1 is 1.53 bits per heavy atom. The maximum absolute atomic E-state index is 12.1. The van der Waals surface area contributed by atoms with Gasteiger partial charge in [0.15, 0.2) is 5.78 Å². The number of likely N-dealkylation sites (tertiary alicyclic amines) is 1. The van der Waals surface area contributed by atoms with Gasteiger partial charge in [-0.25, -0.2) is 0 Å². The number of hydrogen-bond donors (Lipinski definition) is 2. The summed E-state index contributed by atoms with van der Waals surface area (Å²) >= 11 is 0. The zero-order valence-corrected chi connectivity index (χ0v) is 10.1. The van der Waals surface area contributed by atoms with Gasteiger partial charge in [-0.05, 0) is 32.6 Å². The molecule has 1 saturated carbocycles. The summed E-state index contributed by atoms with van der Waals surface area (Å²) in [7, 11) is 0. The molecule has 0 aromatic heterocycles. The third kappa shape index (κ3) is 1.98. The number of ketones is 1. The first-order valence-electron chi connectivity index (χ1n) is 6.10. The molecule has 2 N–H and O–H groups in total. The molecule has 96 valence electrons. The van der Waals surface area contributed by atoms with E-state index in [2.05, 4.69) is 0 Å². The van der Waals surface area contributed by atoms with Crippen LogP contribution in [0.4, 0.5) is 0 Å². The number of aliphatic hydroxyl groups is 2. The maximum atomic E-state index is 12.1. The lowest BCUT2D eigenvalue weighted by Gasteiger charge is -2.53. The second-order valence-electron chi connectivity index (χ2n) is 5.25. The van der Waals surface area contributed by atoms with Crippen LogP contribution in [0.25, 0.3) is 0 Å². The Bertz CT molecular complexity index is 333. The fraction of sp³-hybridized carbons (Fsp3) is 0.833. The molecule has 0 aromatic carbocycles. The summed E-state index contributed by atoms with van der Waals surface area (Å²) < 4.78 is 0. The van der Waals surface area contributed by atoms with E-state index in [1.165, 1.54) is 11.8 Å². The third-order valence-corrected chi connectivity index (χ3v) is 4.12. The molecule has 2 fully saturated rings. The lowest BCUT2D eigenvalue weighted by molar-refractivity contribution is -0.173. The van der Waals surface area contributed by atoms with Gasteiger partial charge in [0.1, 0.15) is 6.04 Å². The number of aliphatic hydroxyl groups excluding tert-OH is 2. The zero-order chi connectivity index (χ0) is 12.6. The average Bonchev–Trinajstić information content (AvgIpc) is 2.30. The lowest BCUT2D eigenvalue weighted by Crippen LogP contribution is -2.67. The van der Waals surface area contributed by atoms with Gasteiger partial charge in [-0.3, -0.25) is 9.59 Å². The fourth-order valence-electron chi connectivity index (χ4n) is 2.90. The van der Waals surface area contributed by atoms with E-state index in [1.807, 2.05) is 0 Å². The summed E-state index contributed by atoms with van der Waals surface area (Å²) in [6.07, 6.45) is 2.41. The Balaban J connectivity index is 2.01. The standard InChI is InChI=1S/C12H19NO4/c1-8(15)10(6-14)13-7-12(11(13)17)4-2-9(16)3-5-12/h9-10,14,16H,2-7H2,1H3. The summed E-state index contributed by atoms with van der Waals surface area (Å²) in [5, 5.41) is 18.6. The molecule has 1 saturated heterocycles. The van der Waals surface area contributed by atoms with Gasteiger partial charge in [-0.15, -0.1) is 0 Å². The number of β-lactam (4-membered cyclic amide) rings is 1. The maximum Gasteiger partial charge on any atom is 0.231 e. The van der Waals surface area contributed by atoms with Crippen LogP contribution in [-0.2, 0) is 9.59 Å². The van der Waals surface area contributed by atoms with Crippen LogP contribution in [0.3, 0.4) is 0 Å². The van der Waals surface area contributed by atoms with E-state index in [4.69, 9.17) is 5.11 Å². The smallest absolute Gasteiger partial charge is 0.231 e. The molecule has 2 rings (SSSR count). The monoisotopic (exact) mass is 241 g/mol. The molecule has 0 radical (unpaired) electrons. The van der Waals surface area contributed by atoms with Crippen molar-refractivity contribution in [3.8, 4) is 0 Å². The predicted octanol–water partition coefficient (Wildman–Crippen LogP) is -0.300. The van der Waals surface area contributed by atoms with Crippen molar-refractivity contribution >= 4 is 11.7 Å². The molecular weight excluding hydrogens is 222 g/mol. The van der Waals surface area contributed by atoms with Crippen molar-refractivity contribution in [2.75, 3.05) is 13.2 Å². The molecule has 5 heteroatoms. The number of carbonyl (C=O) groups is 2. The molecule has 5 nitrogen and oxygen atoms in total. The molecule has 2 aliphatic rings. The summed E-state index contributed by atoms with van der Waals surface area (Å²) in [4.78, 5) is 24.9. The SMILES string of the molecule is CC(=O)C(CO)N1CC2(CCC(O)CC2)C1=O. The highest BCUT2D eigenvalue weighted by molar-refractivity contribution is 5.94. The first-order chi connectivity index (χ1) is 8.00. The largest absolute Gasteiger partial charge is 0.394 e. The van der Waals surface area contributed by atoms with Crippen molar-refractivity contribution in [3.05, 3.63) is 0 Å². The first-order valence-corrected chi connectivity index (χ1v) is 6.10. The highest BCUT2D eigenvalue weighted by atomic mass is 16.3. The molecule has 1 amide bonds. The number of nitrogens with zero attached hydrogens (tertiary/aromatic N) is 1. The Labute approximate surface area is 100 Å². The van der Waals surface area contributed by atoms with Gasteiger partial charge >= 0.3 is 0 Å². The van der Waals surface area contributed by atoms with E-state index in [0.29, 0.717) is 32.2 Å². The minimum atomic E-state index is -0.681. The summed E-state index contributed by atoms with van der Waals surface area (Å²) in [6.45, 7) is 1.63. The number of carbonyl (C=O) groups excluding carboxylic acids is 2. The molecule has 0 bridgehead atoms. The Kier molecular flexibility index (Phi) is 3.23. The quantitative estimate of drug-likeness (QED) is 0.665. The second kappa shape index (κ2) is 4.38. The Morgan fingerprint density at radius 2 is 2.12 bits per heavy atom. The second-order valence-corrected chi connectivity index (χ2v) is 5.25. The minimum Gasteiger partial charge on any atom is -0.394 e. The molecule has 1 heterocycles. The van der Waals surface area contributed by atoms with Crippen LogP contribution >= 0.6 is 0 Å². The van der Waals surface area contributed by atoms with Crippen LogP contribution in [-0.4, -0.2) is 52.1 Å². The Morgan fingerprint density at radius 3 is 2.53 bits per heavy atom. The summed E-state index contributed by atoms with van der Waals surface area (Å²) in [5.41, 5.74) is -0.359. The highest BCUT2D eigenvalue weighted by Crippen LogP contribution is 2.45. The highest BCUT2D eigenvalue weighted by Gasteiger charge is 2.55. The number of amides is 1. The van der Waals surface area contributed by atoms with Crippen molar-refractivity contribution < 1.29 is 19.8 Å². The van der Waals surface area contributed by atoms with Crippen molar-refractivity contribution in [2.24, 2.45) is 5.41 Å². The molecule has 1 aliphatic carbocycles. The van der Waals surface area contributed by atoms with Crippen molar-refractivity contribution in [2.45, 2.75) is 44.8 Å². The number of Topliss-reactive ketones (excluding diaryl/α,β-unsaturated/α-hetero) is 1. The van der Waals surface area contributed by atoms with Gasteiger partial charge in [-0.1, -0.05) is 0 Å². The average molecular weight is 241 g/mol. The zero-order valence-electron chi connectivity index (χ0n) is 10.1. The minimum absolute atomic E-state index is 0.0290. The Hall–Kier alpha value is -0.940. The van der Waals surface area contributed by atoms with Gasteiger partial charge in [0, 0.05) is 6.54 Å². The summed E-state index contributed by atoms with van der Waals surface area (Å²) in [5.74, 6) is -0.204. The van der Waals surface area contributed by atoms with Crippen LogP contribution in [0, 0.1) is 5.41 Å². The van der Waals surface area contributed by atoms with Gasteiger partial charge in [0.05, 0.1) is 18.1 Å². The lowest BCUT2D eigenvalue weighted by atomic mass is 9.66. The molecule has 17 heavy (non-hydrogen) atoms. The van der Waals surface area contributed by atoms with Crippen molar-refractivity contribution in [1.82, 2.24) is 4.90 Å². The van der Waals surface area contributed by atoms with Gasteiger partial charge in [-0.2, -0.15) is 0 Å². The predicted molar refractivity (Wildman–Crippen MR) is 60.2 cm³/mol. The first kappa shape index (κ1) is 12.5. The van der Waals surface area contributed by atoms with Crippen LogP contribution in [0.5, 0.6) is 0 Å². The molecule has 1 aliphatic heterocycles. The van der Waals surface area contributed by atoms with E-state index in [1.54, 1.807) is 0 Å². The van der Waals surface area contributed by atoms with Crippen molar-refractivity contribution in [1.29, 1.82) is 0 Å². The fourth-order valence-corrected chi connectivity index (χ4v) is 2.90. The summed E-state index contributed by atoms with van der Waals surface area (Å²) in [6, 6.07) is -0.681.